The molecule has 0 amide bonds. The molecule has 2 N–H and O–H groups in total. The molecule has 21 heavy (non-hydrogen) atoms. The predicted molar refractivity (Wildman–Crippen MR) is 81.6 cm³/mol. The molecule has 0 aromatic heterocycles. The number of nitrogens with one attached hydrogen (secondary N) is 1. The van der Waals surface area contributed by atoms with Crippen molar-refractivity contribution in [3.05, 3.63) is 35.9 Å². The number of aliphatic hydroxyl groups is 1. The van der Waals surface area contributed by atoms with Crippen molar-refractivity contribution >= 4 is 0 Å². The van der Waals surface area contributed by atoms with Gasteiger partial charge in [0.05, 0.1) is 18.7 Å². The fourth-order valence-electron chi connectivity index (χ4n) is 2.53. The maximum atomic E-state index is 12.4. The van der Waals surface area contributed by atoms with Crippen LogP contribution in [0.1, 0.15) is 25.8 Å². The van der Waals surface area contributed by atoms with Crippen LogP contribution in [0.3, 0.4) is 0 Å². The van der Waals surface area contributed by atoms with Crippen molar-refractivity contribution in [2.24, 2.45) is 0 Å². The van der Waals surface area contributed by atoms with E-state index < -0.39 is 12.0 Å². The zero-order valence-corrected chi connectivity index (χ0v) is 13.0. The van der Waals surface area contributed by atoms with Gasteiger partial charge in [0.1, 0.15) is 0 Å². The van der Waals surface area contributed by atoms with Gasteiger partial charge >= 0.3 is 0 Å². The molecule has 0 bridgehead atoms. The van der Waals surface area contributed by atoms with Crippen molar-refractivity contribution < 1.29 is 13.9 Å². The van der Waals surface area contributed by atoms with Crippen molar-refractivity contribution in [1.82, 2.24) is 10.2 Å². The van der Waals surface area contributed by atoms with Crippen molar-refractivity contribution in [2.75, 3.05) is 26.7 Å². The van der Waals surface area contributed by atoms with Crippen LogP contribution in [0, 0.1) is 0 Å². The molecular formula is C16H26F2N2O. The molecule has 0 fully saturated rings. The maximum absolute atomic E-state index is 12.4. The fourth-order valence-corrected chi connectivity index (χ4v) is 2.53. The molecule has 1 aromatic rings. The van der Waals surface area contributed by atoms with E-state index in [4.69, 9.17) is 0 Å². The van der Waals surface area contributed by atoms with E-state index in [0.717, 1.165) is 5.56 Å². The Kier molecular flexibility index (Phi) is 7.22. The zero-order valence-electron chi connectivity index (χ0n) is 13.0. The monoisotopic (exact) mass is 300 g/mol. The molecular weight excluding hydrogens is 274 g/mol. The molecule has 3 nitrogen and oxygen atoms in total. The number of alkyl halides is 2. The summed E-state index contributed by atoms with van der Waals surface area (Å²) in [5.41, 5.74) is 0.373. The lowest BCUT2D eigenvalue weighted by molar-refractivity contribution is 0.0843. The SMILES string of the molecule is CC(C)NC(CO)(CCN(C)CC(F)F)c1ccccc1. The van der Waals surface area contributed by atoms with Gasteiger partial charge < -0.3 is 15.3 Å². The fraction of sp³-hybridized carbons (Fsp3) is 0.625. The highest BCUT2D eigenvalue weighted by Gasteiger charge is 2.32. The molecule has 5 heteroatoms. The van der Waals surface area contributed by atoms with E-state index in [1.165, 1.54) is 0 Å². The summed E-state index contributed by atoms with van der Waals surface area (Å²) in [4.78, 5) is 1.60. The smallest absolute Gasteiger partial charge is 0.251 e. The van der Waals surface area contributed by atoms with Crippen molar-refractivity contribution in [1.29, 1.82) is 0 Å². The number of hydrogen-bond donors (Lipinski definition) is 2. The molecule has 0 aliphatic carbocycles. The molecule has 0 heterocycles. The van der Waals surface area contributed by atoms with E-state index >= 15 is 0 Å². The number of rotatable bonds is 9. The van der Waals surface area contributed by atoms with E-state index in [9.17, 15) is 13.9 Å². The molecule has 1 aromatic carbocycles. The van der Waals surface area contributed by atoms with Crippen LogP contribution in [-0.4, -0.2) is 49.2 Å². The van der Waals surface area contributed by atoms with E-state index in [-0.39, 0.29) is 19.2 Å². The first kappa shape index (κ1) is 18.0. The van der Waals surface area contributed by atoms with Crippen molar-refractivity contribution in [3.8, 4) is 0 Å². The Balaban J connectivity index is 2.86. The largest absolute Gasteiger partial charge is 0.394 e. The van der Waals surface area contributed by atoms with Gasteiger partial charge in [-0.05, 0) is 32.9 Å². The van der Waals surface area contributed by atoms with Crippen LogP contribution in [0.5, 0.6) is 0 Å². The minimum absolute atomic E-state index is 0.0717. The maximum Gasteiger partial charge on any atom is 0.251 e. The van der Waals surface area contributed by atoms with Gasteiger partial charge in [0.2, 0.25) is 0 Å². The molecule has 0 aliphatic rings. The molecule has 0 spiro atoms. The molecule has 1 unspecified atom stereocenters. The van der Waals surface area contributed by atoms with Gasteiger partial charge in [0.25, 0.3) is 6.43 Å². The van der Waals surface area contributed by atoms with Crippen LogP contribution in [0.25, 0.3) is 0 Å². The van der Waals surface area contributed by atoms with Crippen molar-refractivity contribution in [3.63, 3.8) is 0 Å². The number of hydrogen-bond acceptors (Lipinski definition) is 3. The Hall–Kier alpha value is -1.04. The zero-order chi connectivity index (χ0) is 15.9. The lowest BCUT2D eigenvalue weighted by Gasteiger charge is -2.37. The van der Waals surface area contributed by atoms with Crippen LogP contribution in [0.4, 0.5) is 8.78 Å². The Morgan fingerprint density at radius 1 is 1.24 bits per heavy atom. The van der Waals surface area contributed by atoms with Gasteiger partial charge in [-0.25, -0.2) is 8.78 Å². The van der Waals surface area contributed by atoms with Crippen LogP contribution < -0.4 is 5.32 Å². The number of aliphatic hydroxyl groups excluding tert-OH is 1. The number of halogens is 2. The Labute approximate surface area is 126 Å². The second-order valence-electron chi connectivity index (χ2n) is 5.81. The van der Waals surface area contributed by atoms with Crippen LogP contribution in [0.15, 0.2) is 30.3 Å². The lowest BCUT2D eigenvalue weighted by atomic mass is 9.86. The first-order chi connectivity index (χ1) is 9.89. The highest BCUT2D eigenvalue weighted by atomic mass is 19.3. The highest BCUT2D eigenvalue weighted by molar-refractivity contribution is 5.25. The first-order valence-electron chi connectivity index (χ1n) is 7.30. The Morgan fingerprint density at radius 2 is 1.86 bits per heavy atom. The molecule has 1 rings (SSSR count). The van der Waals surface area contributed by atoms with Crippen LogP contribution >= 0.6 is 0 Å². The average Bonchev–Trinajstić information content (AvgIpc) is 2.43. The first-order valence-corrected chi connectivity index (χ1v) is 7.30. The third-order valence-electron chi connectivity index (χ3n) is 3.53. The van der Waals surface area contributed by atoms with E-state index in [1.807, 2.05) is 44.2 Å². The average molecular weight is 300 g/mol. The minimum Gasteiger partial charge on any atom is -0.394 e. The summed E-state index contributed by atoms with van der Waals surface area (Å²) in [5.74, 6) is 0. The summed E-state index contributed by atoms with van der Waals surface area (Å²) in [7, 11) is 1.68. The summed E-state index contributed by atoms with van der Waals surface area (Å²) >= 11 is 0. The van der Waals surface area contributed by atoms with Gasteiger partial charge in [-0.3, -0.25) is 0 Å². The molecule has 120 valence electrons. The van der Waals surface area contributed by atoms with Crippen LogP contribution in [0.2, 0.25) is 0 Å². The Morgan fingerprint density at radius 3 is 2.33 bits per heavy atom. The van der Waals surface area contributed by atoms with Gasteiger partial charge in [-0.1, -0.05) is 30.3 Å². The summed E-state index contributed by atoms with van der Waals surface area (Å²) in [6, 6.07) is 9.86. The minimum atomic E-state index is -2.34. The van der Waals surface area contributed by atoms with Gasteiger partial charge in [-0.2, -0.15) is 0 Å². The standard InChI is InChI=1S/C16H26F2N2O/c1-13(2)19-16(12-21,14-7-5-4-6-8-14)9-10-20(3)11-15(17)18/h4-8,13,15,19,21H,9-12H2,1-3H3. The van der Waals surface area contributed by atoms with Gasteiger partial charge in [0.15, 0.2) is 0 Å². The summed E-state index contributed by atoms with van der Waals surface area (Å²) in [5, 5.41) is 13.3. The van der Waals surface area contributed by atoms with Gasteiger partial charge in [0, 0.05) is 12.6 Å². The molecule has 0 saturated heterocycles. The third-order valence-corrected chi connectivity index (χ3v) is 3.53. The summed E-state index contributed by atoms with van der Waals surface area (Å²) < 4.78 is 24.8. The normalized spacial score (nSPS) is 14.9. The molecule has 0 aliphatic heterocycles. The molecule has 0 radical (unpaired) electrons. The topological polar surface area (TPSA) is 35.5 Å². The van der Waals surface area contributed by atoms with E-state index in [0.29, 0.717) is 13.0 Å². The lowest BCUT2D eigenvalue weighted by Crippen LogP contribution is -2.50. The Bertz CT molecular complexity index is 401. The van der Waals surface area contributed by atoms with Gasteiger partial charge in [-0.15, -0.1) is 0 Å². The molecule has 0 saturated carbocycles. The highest BCUT2D eigenvalue weighted by Crippen LogP contribution is 2.26. The van der Waals surface area contributed by atoms with E-state index in [1.54, 1.807) is 11.9 Å². The van der Waals surface area contributed by atoms with Crippen LogP contribution in [-0.2, 0) is 5.54 Å². The molecule has 1 atom stereocenters. The second-order valence-corrected chi connectivity index (χ2v) is 5.81. The number of nitrogens with zero attached hydrogens (tertiary/aromatic N) is 1. The summed E-state index contributed by atoms with van der Waals surface area (Å²) in [6.07, 6.45) is -1.78. The second kappa shape index (κ2) is 8.41. The van der Waals surface area contributed by atoms with Crippen molar-refractivity contribution in [2.45, 2.75) is 38.3 Å². The van der Waals surface area contributed by atoms with E-state index in [2.05, 4.69) is 5.32 Å². The quantitative estimate of drug-likeness (QED) is 0.735. The predicted octanol–water partition coefficient (Wildman–Crippen LogP) is 2.46. The number of benzene rings is 1. The third kappa shape index (κ3) is 5.69. The summed E-state index contributed by atoms with van der Waals surface area (Å²) in [6.45, 7) is 4.18.